The largest absolute Gasteiger partial charge is 0.354 e. The fourth-order valence-corrected chi connectivity index (χ4v) is 1.96. The van der Waals surface area contributed by atoms with E-state index in [0.717, 1.165) is 6.54 Å². The Morgan fingerprint density at radius 2 is 2.20 bits per heavy atom. The van der Waals surface area contributed by atoms with Gasteiger partial charge in [0.15, 0.2) is 0 Å². The molecule has 2 nitrogen and oxygen atoms in total. The lowest BCUT2D eigenvalue weighted by Gasteiger charge is -2.16. The van der Waals surface area contributed by atoms with Gasteiger partial charge in [0.1, 0.15) is 6.23 Å². The molecule has 1 aliphatic heterocycles. The molecule has 2 heteroatoms. The summed E-state index contributed by atoms with van der Waals surface area (Å²) < 4.78 is 5.95. The number of aryl methyl sites for hydroxylation is 1. The van der Waals surface area contributed by atoms with E-state index in [2.05, 4.69) is 50.4 Å². The van der Waals surface area contributed by atoms with Gasteiger partial charge in [0, 0.05) is 6.54 Å². The summed E-state index contributed by atoms with van der Waals surface area (Å²) in [7, 11) is 0. The van der Waals surface area contributed by atoms with E-state index in [1.54, 1.807) is 0 Å². The lowest BCUT2D eigenvalue weighted by atomic mass is 10.1. The topological polar surface area (TPSA) is 21.3 Å². The summed E-state index contributed by atoms with van der Waals surface area (Å²) in [6.45, 7) is 7.39. The summed E-state index contributed by atoms with van der Waals surface area (Å²) in [4.78, 5) is 0. The van der Waals surface area contributed by atoms with Crippen LogP contribution < -0.4 is 5.32 Å². The molecule has 2 unspecified atom stereocenters. The second kappa shape index (κ2) is 4.33. The van der Waals surface area contributed by atoms with Crippen molar-refractivity contribution in [2.24, 2.45) is 5.92 Å². The van der Waals surface area contributed by atoms with Gasteiger partial charge in [-0.15, -0.1) is 0 Å². The van der Waals surface area contributed by atoms with Gasteiger partial charge in [0.05, 0.1) is 6.10 Å². The summed E-state index contributed by atoms with van der Waals surface area (Å²) >= 11 is 0. The first-order valence-corrected chi connectivity index (χ1v) is 5.62. The molecule has 1 aliphatic rings. The van der Waals surface area contributed by atoms with Crippen LogP contribution in [-0.4, -0.2) is 12.8 Å². The monoisotopic (exact) mass is 205 g/mol. The van der Waals surface area contributed by atoms with Gasteiger partial charge in [0.2, 0.25) is 0 Å². The fraction of sp³-hybridized carbons (Fsp3) is 0.538. The molecule has 0 radical (unpaired) electrons. The standard InChI is InChI=1S/C13H19NO/c1-9(2)13-14-8-12(15-13)11-6-4-5-10(3)7-11/h4-7,9,12-14H,8H2,1-3H3. The van der Waals surface area contributed by atoms with Gasteiger partial charge in [-0.3, -0.25) is 5.32 Å². The van der Waals surface area contributed by atoms with Crippen LogP contribution in [0.4, 0.5) is 0 Å². The second-order valence-electron chi connectivity index (χ2n) is 4.61. The predicted molar refractivity (Wildman–Crippen MR) is 61.6 cm³/mol. The van der Waals surface area contributed by atoms with E-state index in [4.69, 9.17) is 4.74 Å². The maximum atomic E-state index is 5.95. The van der Waals surface area contributed by atoms with Crippen LogP contribution in [0, 0.1) is 12.8 Å². The van der Waals surface area contributed by atoms with Crippen LogP contribution in [0.3, 0.4) is 0 Å². The van der Waals surface area contributed by atoms with Crippen molar-refractivity contribution >= 4 is 0 Å². The van der Waals surface area contributed by atoms with Crippen LogP contribution in [0.5, 0.6) is 0 Å². The second-order valence-corrected chi connectivity index (χ2v) is 4.61. The Morgan fingerprint density at radius 3 is 2.80 bits per heavy atom. The van der Waals surface area contributed by atoms with Gasteiger partial charge in [-0.1, -0.05) is 43.7 Å². The lowest BCUT2D eigenvalue weighted by Crippen LogP contribution is -2.27. The highest BCUT2D eigenvalue weighted by atomic mass is 16.5. The predicted octanol–water partition coefficient (Wildman–Crippen LogP) is 2.64. The van der Waals surface area contributed by atoms with E-state index < -0.39 is 0 Å². The molecular weight excluding hydrogens is 186 g/mol. The van der Waals surface area contributed by atoms with Crippen molar-refractivity contribution in [1.29, 1.82) is 0 Å². The zero-order chi connectivity index (χ0) is 10.8. The zero-order valence-electron chi connectivity index (χ0n) is 9.66. The van der Waals surface area contributed by atoms with Gasteiger partial charge in [-0.25, -0.2) is 0 Å². The summed E-state index contributed by atoms with van der Waals surface area (Å²) in [6.07, 6.45) is 0.424. The summed E-state index contributed by atoms with van der Waals surface area (Å²) in [5.41, 5.74) is 2.58. The number of benzene rings is 1. The molecule has 1 N–H and O–H groups in total. The number of hydrogen-bond donors (Lipinski definition) is 1. The molecule has 0 spiro atoms. The summed E-state index contributed by atoms with van der Waals surface area (Å²) in [6, 6.07) is 8.56. The van der Waals surface area contributed by atoms with Crippen LogP contribution >= 0.6 is 0 Å². The third-order valence-electron chi connectivity index (χ3n) is 2.83. The minimum Gasteiger partial charge on any atom is -0.354 e. The Morgan fingerprint density at radius 1 is 1.40 bits per heavy atom. The number of nitrogens with one attached hydrogen (secondary N) is 1. The highest BCUT2D eigenvalue weighted by Gasteiger charge is 2.27. The van der Waals surface area contributed by atoms with Gasteiger partial charge in [0.25, 0.3) is 0 Å². The lowest BCUT2D eigenvalue weighted by molar-refractivity contribution is 0.0136. The molecule has 1 aromatic carbocycles. The van der Waals surface area contributed by atoms with Crippen LogP contribution in [0.2, 0.25) is 0 Å². The Kier molecular flexibility index (Phi) is 3.08. The summed E-state index contributed by atoms with van der Waals surface area (Å²) in [5.74, 6) is 0.528. The zero-order valence-corrected chi connectivity index (χ0v) is 9.66. The van der Waals surface area contributed by atoms with Crippen LogP contribution in [0.25, 0.3) is 0 Å². The molecule has 0 aromatic heterocycles. The molecule has 1 fully saturated rings. The molecule has 0 bridgehead atoms. The van der Waals surface area contributed by atoms with E-state index >= 15 is 0 Å². The normalized spacial score (nSPS) is 26.1. The molecule has 82 valence electrons. The molecule has 0 saturated carbocycles. The first kappa shape index (κ1) is 10.7. The molecule has 1 saturated heterocycles. The Balaban J connectivity index is 2.08. The number of rotatable bonds is 2. The van der Waals surface area contributed by atoms with E-state index in [1.807, 2.05) is 0 Å². The van der Waals surface area contributed by atoms with Crippen LogP contribution in [0.1, 0.15) is 31.1 Å². The van der Waals surface area contributed by atoms with Crippen molar-refractivity contribution < 1.29 is 4.74 Å². The van der Waals surface area contributed by atoms with E-state index in [1.165, 1.54) is 11.1 Å². The first-order chi connectivity index (χ1) is 7.16. The van der Waals surface area contributed by atoms with Crippen LogP contribution in [-0.2, 0) is 4.74 Å². The minimum absolute atomic E-state index is 0.204. The molecule has 2 rings (SSSR count). The van der Waals surface area contributed by atoms with Crippen molar-refractivity contribution in [3.05, 3.63) is 35.4 Å². The third kappa shape index (κ3) is 2.39. The fourth-order valence-electron chi connectivity index (χ4n) is 1.96. The van der Waals surface area contributed by atoms with Crippen molar-refractivity contribution in [3.63, 3.8) is 0 Å². The Bertz CT molecular complexity index is 335. The van der Waals surface area contributed by atoms with E-state index in [9.17, 15) is 0 Å². The van der Waals surface area contributed by atoms with Gasteiger partial charge in [-0.05, 0) is 18.4 Å². The Labute approximate surface area is 91.6 Å². The molecular formula is C13H19NO. The van der Waals surface area contributed by atoms with E-state index in [0.29, 0.717) is 5.92 Å². The number of hydrogen-bond acceptors (Lipinski definition) is 2. The maximum Gasteiger partial charge on any atom is 0.111 e. The number of ether oxygens (including phenoxy) is 1. The smallest absolute Gasteiger partial charge is 0.111 e. The van der Waals surface area contributed by atoms with Gasteiger partial charge in [-0.2, -0.15) is 0 Å². The van der Waals surface area contributed by atoms with Gasteiger partial charge < -0.3 is 4.74 Å². The van der Waals surface area contributed by atoms with Crippen molar-refractivity contribution in [2.75, 3.05) is 6.54 Å². The molecule has 0 amide bonds. The molecule has 0 aliphatic carbocycles. The summed E-state index contributed by atoms with van der Waals surface area (Å²) in [5, 5.41) is 3.40. The molecule has 1 aromatic rings. The van der Waals surface area contributed by atoms with Crippen molar-refractivity contribution in [1.82, 2.24) is 5.32 Å². The van der Waals surface area contributed by atoms with Crippen LogP contribution in [0.15, 0.2) is 24.3 Å². The molecule has 2 atom stereocenters. The highest BCUT2D eigenvalue weighted by Crippen LogP contribution is 2.25. The van der Waals surface area contributed by atoms with E-state index in [-0.39, 0.29) is 12.3 Å². The average molecular weight is 205 g/mol. The highest BCUT2D eigenvalue weighted by molar-refractivity contribution is 5.25. The SMILES string of the molecule is Cc1cccc(C2CNC(C(C)C)O2)c1. The van der Waals surface area contributed by atoms with Crippen molar-refractivity contribution in [2.45, 2.75) is 33.1 Å². The quantitative estimate of drug-likeness (QED) is 0.801. The molecule has 15 heavy (non-hydrogen) atoms. The van der Waals surface area contributed by atoms with Crippen molar-refractivity contribution in [3.8, 4) is 0 Å². The van der Waals surface area contributed by atoms with Gasteiger partial charge >= 0.3 is 0 Å². The Hall–Kier alpha value is -0.860. The average Bonchev–Trinajstić information content (AvgIpc) is 2.66. The first-order valence-electron chi connectivity index (χ1n) is 5.62. The maximum absolute atomic E-state index is 5.95. The third-order valence-corrected chi connectivity index (χ3v) is 2.83. The molecule has 1 heterocycles. The minimum atomic E-state index is 0.204.